The van der Waals surface area contributed by atoms with Gasteiger partial charge in [0.15, 0.2) is 4.34 Å². The summed E-state index contributed by atoms with van der Waals surface area (Å²) in [5.74, 6) is -0.0515. The summed E-state index contributed by atoms with van der Waals surface area (Å²) in [5.41, 5.74) is 0.584. The number of amides is 2. The van der Waals surface area contributed by atoms with E-state index in [1.807, 2.05) is 36.4 Å². The molecule has 2 heterocycles. The normalized spacial score (nSPS) is 16.1. The molecule has 1 atom stereocenters. The molecule has 2 N–H and O–H groups in total. The summed E-state index contributed by atoms with van der Waals surface area (Å²) in [6, 6.07) is 13.3. The molecule has 0 radical (unpaired) electrons. The van der Waals surface area contributed by atoms with E-state index < -0.39 is 0 Å². The Bertz CT molecular complexity index is 1010. The van der Waals surface area contributed by atoms with Crippen LogP contribution < -0.4 is 10.6 Å². The minimum absolute atomic E-state index is 0.0676. The molecule has 150 valence electrons. The Morgan fingerprint density at radius 1 is 1.17 bits per heavy atom. The van der Waals surface area contributed by atoms with Gasteiger partial charge in [-0.1, -0.05) is 59.5 Å². The smallest absolute Gasteiger partial charge is 0.258 e. The molecule has 2 amide bonds. The Labute approximate surface area is 176 Å². The first-order valence-corrected chi connectivity index (χ1v) is 11.1. The second-order valence-electron chi connectivity index (χ2n) is 6.58. The van der Waals surface area contributed by atoms with Crippen LogP contribution in [0.5, 0.6) is 0 Å². The average molecular weight is 429 g/mol. The number of ether oxygens (including phenoxy) is 1. The zero-order chi connectivity index (χ0) is 20.1. The lowest BCUT2D eigenvalue weighted by atomic mass is 10.0. The summed E-state index contributed by atoms with van der Waals surface area (Å²) in [5, 5.41) is 16.0. The van der Waals surface area contributed by atoms with Crippen LogP contribution >= 0.6 is 23.1 Å². The van der Waals surface area contributed by atoms with Crippen molar-refractivity contribution < 1.29 is 14.3 Å². The lowest BCUT2D eigenvalue weighted by Gasteiger charge is -2.09. The van der Waals surface area contributed by atoms with Crippen LogP contribution in [0.1, 0.15) is 23.2 Å². The van der Waals surface area contributed by atoms with Crippen LogP contribution in [0.4, 0.5) is 5.13 Å². The molecule has 1 fully saturated rings. The Kier molecular flexibility index (Phi) is 6.38. The van der Waals surface area contributed by atoms with Gasteiger partial charge in [0.2, 0.25) is 11.0 Å². The van der Waals surface area contributed by atoms with Crippen molar-refractivity contribution in [2.45, 2.75) is 23.3 Å². The highest BCUT2D eigenvalue weighted by Crippen LogP contribution is 2.26. The number of aromatic nitrogens is 2. The van der Waals surface area contributed by atoms with Crippen molar-refractivity contribution >= 4 is 50.8 Å². The minimum Gasteiger partial charge on any atom is -0.376 e. The van der Waals surface area contributed by atoms with E-state index in [0.717, 1.165) is 30.2 Å². The molecule has 0 saturated carbocycles. The second kappa shape index (κ2) is 9.34. The third-order valence-corrected chi connectivity index (χ3v) is 6.51. The monoisotopic (exact) mass is 428 g/mol. The van der Waals surface area contributed by atoms with Crippen molar-refractivity contribution in [3.8, 4) is 0 Å². The van der Waals surface area contributed by atoms with Gasteiger partial charge in [-0.3, -0.25) is 14.9 Å². The van der Waals surface area contributed by atoms with E-state index in [2.05, 4.69) is 20.8 Å². The number of carbonyl (C=O) groups is 2. The molecule has 29 heavy (non-hydrogen) atoms. The largest absolute Gasteiger partial charge is 0.376 e. The predicted molar refractivity (Wildman–Crippen MR) is 115 cm³/mol. The third kappa shape index (κ3) is 5.11. The molecular formula is C20H20N4O3S2. The number of carbonyl (C=O) groups excluding carboxylic acids is 2. The van der Waals surface area contributed by atoms with Crippen LogP contribution in [0.2, 0.25) is 0 Å². The van der Waals surface area contributed by atoms with E-state index in [-0.39, 0.29) is 23.7 Å². The molecule has 1 aromatic heterocycles. The van der Waals surface area contributed by atoms with Crippen molar-refractivity contribution in [2.24, 2.45) is 0 Å². The molecule has 1 aliphatic rings. The van der Waals surface area contributed by atoms with Gasteiger partial charge < -0.3 is 10.1 Å². The van der Waals surface area contributed by atoms with Crippen LogP contribution in [0.25, 0.3) is 10.8 Å². The maximum atomic E-state index is 12.7. The number of nitrogens with zero attached hydrogens (tertiary/aromatic N) is 2. The average Bonchev–Trinajstić information content (AvgIpc) is 3.42. The number of thioether (sulfide) groups is 1. The molecule has 0 unspecified atom stereocenters. The lowest BCUT2D eigenvalue weighted by molar-refractivity contribution is -0.119. The third-order valence-electron chi connectivity index (χ3n) is 4.54. The first-order valence-electron chi connectivity index (χ1n) is 9.33. The van der Waals surface area contributed by atoms with E-state index in [4.69, 9.17) is 4.74 Å². The number of benzene rings is 2. The summed E-state index contributed by atoms with van der Waals surface area (Å²) in [4.78, 5) is 24.6. The first-order chi connectivity index (χ1) is 14.2. The van der Waals surface area contributed by atoms with Gasteiger partial charge >= 0.3 is 0 Å². The fourth-order valence-corrected chi connectivity index (χ4v) is 4.69. The summed E-state index contributed by atoms with van der Waals surface area (Å²) < 4.78 is 6.12. The molecular weight excluding hydrogens is 408 g/mol. The highest BCUT2D eigenvalue weighted by atomic mass is 32.2. The van der Waals surface area contributed by atoms with Gasteiger partial charge in [-0.25, -0.2) is 0 Å². The van der Waals surface area contributed by atoms with Gasteiger partial charge in [-0.2, -0.15) is 0 Å². The van der Waals surface area contributed by atoms with Crippen LogP contribution in [0.3, 0.4) is 0 Å². The number of anilines is 1. The molecule has 0 spiro atoms. The number of rotatable bonds is 7. The molecule has 2 aromatic carbocycles. The summed E-state index contributed by atoms with van der Waals surface area (Å²) in [7, 11) is 0. The topological polar surface area (TPSA) is 93.2 Å². The molecule has 9 heteroatoms. The van der Waals surface area contributed by atoms with E-state index in [9.17, 15) is 9.59 Å². The molecule has 3 aromatic rings. The molecule has 1 saturated heterocycles. The van der Waals surface area contributed by atoms with Gasteiger partial charge in [0.05, 0.1) is 11.9 Å². The van der Waals surface area contributed by atoms with Crippen molar-refractivity contribution in [2.75, 3.05) is 24.2 Å². The number of hydrogen-bond donors (Lipinski definition) is 2. The van der Waals surface area contributed by atoms with Crippen LogP contribution in [0, 0.1) is 0 Å². The molecule has 1 aliphatic heterocycles. The fraction of sp³-hybridized carbons (Fsp3) is 0.300. The summed E-state index contributed by atoms with van der Waals surface area (Å²) >= 11 is 2.55. The van der Waals surface area contributed by atoms with Crippen molar-refractivity contribution in [3.05, 3.63) is 48.0 Å². The van der Waals surface area contributed by atoms with E-state index >= 15 is 0 Å². The fourth-order valence-electron chi connectivity index (χ4n) is 3.12. The maximum absolute atomic E-state index is 12.7. The van der Waals surface area contributed by atoms with Gasteiger partial charge in [0, 0.05) is 18.7 Å². The minimum atomic E-state index is -0.233. The zero-order valence-electron chi connectivity index (χ0n) is 15.6. The molecule has 4 rings (SSSR count). The van der Waals surface area contributed by atoms with Gasteiger partial charge in [0.25, 0.3) is 5.91 Å². The highest BCUT2D eigenvalue weighted by Gasteiger charge is 2.17. The van der Waals surface area contributed by atoms with Gasteiger partial charge in [-0.05, 0) is 29.7 Å². The summed E-state index contributed by atoms with van der Waals surface area (Å²) in [6.07, 6.45) is 2.16. The number of hydrogen-bond acceptors (Lipinski definition) is 7. The summed E-state index contributed by atoms with van der Waals surface area (Å²) in [6.45, 7) is 1.31. The number of fused-ring (bicyclic) bond motifs is 1. The van der Waals surface area contributed by atoms with Gasteiger partial charge in [0.1, 0.15) is 0 Å². The molecule has 0 bridgehead atoms. The van der Waals surface area contributed by atoms with Crippen LogP contribution in [-0.4, -0.2) is 47.0 Å². The maximum Gasteiger partial charge on any atom is 0.258 e. The zero-order valence-corrected chi connectivity index (χ0v) is 17.2. The Morgan fingerprint density at radius 3 is 2.90 bits per heavy atom. The Balaban J connectivity index is 1.30. The first kappa shape index (κ1) is 19.8. The quantitative estimate of drug-likeness (QED) is 0.443. The van der Waals surface area contributed by atoms with E-state index in [1.165, 1.54) is 23.1 Å². The Hall–Kier alpha value is -2.49. The lowest BCUT2D eigenvalue weighted by Crippen LogP contribution is -2.32. The Morgan fingerprint density at radius 2 is 2.03 bits per heavy atom. The van der Waals surface area contributed by atoms with E-state index in [0.29, 0.717) is 21.6 Å². The van der Waals surface area contributed by atoms with Gasteiger partial charge in [-0.15, -0.1) is 10.2 Å². The van der Waals surface area contributed by atoms with Crippen molar-refractivity contribution in [1.82, 2.24) is 15.5 Å². The van der Waals surface area contributed by atoms with Crippen molar-refractivity contribution in [3.63, 3.8) is 0 Å². The standard InChI is InChI=1S/C20H20N4O3S2/c25-17(21-11-14-7-4-10-27-14)12-28-20-24-23-19(29-20)22-18(26)16-9-3-6-13-5-1-2-8-15(13)16/h1-3,5-6,8-9,14H,4,7,10-12H2,(H,21,25)(H,22,23,26)/t14-/m0/s1. The SMILES string of the molecule is O=C(CSc1nnc(NC(=O)c2cccc3ccccc23)s1)NC[C@@H]1CCCO1. The van der Waals surface area contributed by atoms with Crippen LogP contribution in [-0.2, 0) is 9.53 Å². The number of nitrogens with one attached hydrogen (secondary N) is 2. The predicted octanol–water partition coefficient (Wildman–Crippen LogP) is 3.33. The molecule has 0 aliphatic carbocycles. The second-order valence-corrected chi connectivity index (χ2v) is 8.78. The molecule has 7 nitrogen and oxygen atoms in total. The van der Waals surface area contributed by atoms with Crippen molar-refractivity contribution in [1.29, 1.82) is 0 Å². The van der Waals surface area contributed by atoms with E-state index in [1.54, 1.807) is 6.07 Å². The highest BCUT2D eigenvalue weighted by molar-refractivity contribution is 8.01. The van der Waals surface area contributed by atoms with Crippen LogP contribution in [0.15, 0.2) is 46.8 Å².